The molecule has 35 valence electrons. The summed E-state index contributed by atoms with van der Waals surface area (Å²) in [6.45, 7) is 3.06. The van der Waals surface area contributed by atoms with Crippen molar-refractivity contribution in [3.05, 3.63) is 0 Å². The van der Waals surface area contributed by atoms with Crippen LogP contribution in [0.5, 0.6) is 0 Å². The Morgan fingerprint density at radius 3 is 1.50 bits per heavy atom. The lowest BCUT2D eigenvalue weighted by atomic mass is 10.6. The Bertz CT molecular complexity index is 33.8. The SMILES string of the molecule is CC(C)=O.[Si]Cl. The van der Waals surface area contributed by atoms with Crippen LogP contribution in [0.3, 0.4) is 0 Å². The first-order chi connectivity index (χ1) is 2.73. The van der Waals surface area contributed by atoms with Gasteiger partial charge in [-0.2, -0.15) is 11.1 Å². The minimum Gasteiger partial charge on any atom is -0.300 e. The zero-order chi connectivity index (χ0) is 5.58. The predicted molar refractivity (Wildman–Crippen MR) is 28.0 cm³/mol. The van der Waals surface area contributed by atoms with Crippen molar-refractivity contribution >= 4 is 26.4 Å². The molecule has 0 aliphatic rings. The first-order valence-electron chi connectivity index (χ1n) is 1.39. The average molecular weight is 122 g/mol. The summed E-state index contributed by atoms with van der Waals surface area (Å²) < 4.78 is 0. The van der Waals surface area contributed by atoms with Crippen LogP contribution in [0.25, 0.3) is 0 Å². The summed E-state index contributed by atoms with van der Waals surface area (Å²) in [7, 11) is 2.44. The lowest BCUT2D eigenvalue weighted by molar-refractivity contribution is -0.114. The maximum atomic E-state index is 9.44. The molecule has 0 atom stereocenters. The van der Waals surface area contributed by atoms with Gasteiger partial charge in [0.15, 0.2) is 9.55 Å². The van der Waals surface area contributed by atoms with Crippen LogP contribution in [-0.4, -0.2) is 15.3 Å². The van der Waals surface area contributed by atoms with Gasteiger partial charge < -0.3 is 4.79 Å². The molecule has 0 rings (SSSR count). The highest BCUT2D eigenvalue weighted by atomic mass is 35.6. The molecular weight excluding hydrogens is 116 g/mol. The minimum atomic E-state index is 0.167. The summed E-state index contributed by atoms with van der Waals surface area (Å²) in [5.74, 6) is 0.167. The third-order valence-corrected chi connectivity index (χ3v) is 0. The number of Topliss-reactive ketones (excluding diaryl/α,β-unsaturated/α-hetero) is 1. The molecule has 3 radical (unpaired) electrons. The molecule has 3 heteroatoms. The monoisotopic (exact) mass is 121 g/mol. The van der Waals surface area contributed by atoms with E-state index in [0.29, 0.717) is 0 Å². The van der Waals surface area contributed by atoms with E-state index in [4.69, 9.17) is 0 Å². The van der Waals surface area contributed by atoms with Gasteiger partial charge in [0.05, 0.1) is 0 Å². The fourth-order valence-corrected chi connectivity index (χ4v) is 0. The molecule has 0 unspecified atom stereocenters. The summed E-state index contributed by atoms with van der Waals surface area (Å²) in [6.07, 6.45) is 0. The largest absolute Gasteiger partial charge is 0.300 e. The van der Waals surface area contributed by atoms with E-state index in [2.05, 4.69) is 20.6 Å². The zero-order valence-electron chi connectivity index (χ0n) is 3.79. The smallest absolute Gasteiger partial charge is 0.174 e. The molecule has 0 aromatic heterocycles. The number of halogens is 1. The number of carbonyl (C=O) groups is 1. The second-order valence-corrected chi connectivity index (χ2v) is 0.908. The number of carbonyl (C=O) groups excluding carboxylic acids is 1. The van der Waals surface area contributed by atoms with Crippen LogP contribution in [0.4, 0.5) is 0 Å². The molecule has 0 bridgehead atoms. The van der Waals surface area contributed by atoms with E-state index in [1.54, 1.807) is 0 Å². The normalized spacial score (nSPS) is 5.33. The van der Waals surface area contributed by atoms with Crippen molar-refractivity contribution in [1.82, 2.24) is 0 Å². The van der Waals surface area contributed by atoms with E-state index >= 15 is 0 Å². The van der Waals surface area contributed by atoms with Gasteiger partial charge in [0.1, 0.15) is 5.78 Å². The topological polar surface area (TPSA) is 17.1 Å². The van der Waals surface area contributed by atoms with E-state index in [-0.39, 0.29) is 5.78 Å². The highest BCUT2D eigenvalue weighted by Gasteiger charge is 1.62. The summed E-state index contributed by atoms with van der Waals surface area (Å²) in [5.41, 5.74) is 0. The second-order valence-electron chi connectivity index (χ2n) is 0.908. The fraction of sp³-hybridized carbons (Fsp3) is 0.667. The van der Waals surface area contributed by atoms with Gasteiger partial charge in [-0.3, -0.25) is 0 Å². The van der Waals surface area contributed by atoms with Gasteiger partial charge in [0.25, 0.3) is 0 Å². The first-order valence-corrected chi connectivity index (χ1v) is 2.90. The molecule has 0 aliphatic carbocycles. The van der Waals surface area contributed by atoms with Crippen LogP contribution in [0, 0.1) is 0 Å². The molecule has 0 N–H and O–H groups in total. The molecule has 0 saturated heterocycles. The fourth-order valence-electron chi connectivity index (χ4n) is 0. The summed E-state index contributed by atoms with van der Waals surface area (Å²) in [5, 5.41) is 0. The molecular formula is C3H6ClOSi. The van der Waals surface area contributed by atoms with Gasteiger partial charge in [-0.1, -0.05) is 0 Å². The van der Waals surface area contributed by atoms with Crippen LogP contribution >= 0.6 is 11.1 Å². The van der Waals surface area contributed by atoms with E-state index in [1.165, 1.54) is 13.8 Å². The van der Waals surface area contributed by atoms with E-state index in [1.807, 2.05) is 0 Å². The average Bonchev–Trinajstić information content (AvgIpc) is 1.41. The van der Waals surface area contributed by atoms with Crippen LogP contribution < -0.4 is 0 Å². The van der Waals surface area contributed by atoms with Gasteiger partial charge in [-0.15, -0.1) is 0 Å². The van der Waals surface area contributed by atoms with Crippen molar-refractivity contribution in [3.8, 4) is 0 Å². The van der Waals surface area contributed by atoms with Crippen LogP contribution in [0.15, 0.2) is 0 Å². The summed E-state index contributed by atoms with van der Waals surface area (Å²) in [4.78, 5) is 9.44. The molecule has 0 aromatic rings. The Morgan fingerprint density at radius 1 is 1.50 bits per heavy atom. The van der Waals surface area contributed by atoms with Crippen molar-refractivity contribution in [3.63, 3.8) is 0 Å². The Morgan fingerprint density at radius 2 is 1.50 bits per heavy atom. The van der Waals surface area contributed by atoms with Gasteiger partial charge in [0.2, 0.25) is 0 Å². The van der Waals surface area contributed by atoms with Crippen molar-refractivity contribution in [2.24, 2.45) is 0 Å². The molecule has 1 nitrogen and oxygen atoms in total. The molecule has 0 aromatic carbocycles. The van der Waals surface area contributed by atoms with Gasteiger partial charge in [-0.05, 0) is 13.8 Å². The number of hydrogen-bond donors (Lipinski definition) is 0. The van der Waals surface area contributed by atoms with Crippen molar-refractivity contribution in [1.29, 1.82) is 0 Å². The highest BCUT2D eigenvalue weighted by Crippen LogP contribution is 1.50. The Hall–Kier alpha value is 0.177. The quantitative estimate of drug-likeness (QED) is 0.344. The second kappa shape index (κ2) is 8.95. The van der Waals surface area contributed by atoms with Crippen LogP contribution in [-0.2, 0) is 4.79 Å². The van der Waals surface area contributed by atoms with Gasteiger partial charge in [0, 0.05) is 0 Å². The molecule has 0 amide bonds. The molecule has 6 heavy (non-hydrogen) atoms. The maximum Gasteiger partial charge on any atom is 0.174 e. The summed E-state index contributed by atoms with van der Waals surface area (Å²) >= 11 is 4.44. The number of ketones is 1. The molecule has 0 heterocycles. The van der Waals surface area contributed by atoms with E-state index in [9.17, 15) is 4.79 Å². The molecule has 0 fully saturated rings. The molecule has 0 saturated carbocycles. The van der Waals surface area contributed by atoms with E-state index < -0.39 is 0 Å². The summed E-state index contributed by atoms with van der Waals surface area (Å²) in [6, 6.07) is 0. The Labute approximate surface area is 45.8 Å². The number of rotatable bonds is 0. The van der Waals surface area contributed by atoms with Crippen molar-refractivity contribution in [2.45, 2.75) is 13.8 Å². The molecule has 0 aliphatic heterocycles. The first kappa shape index (κ1) is 9.49. The van der Waals surface area contributed by atoms with E-state index in [0.717, 1.165) is 0 Å². The Balaban J connectivity index is 0. The predicted octanol–water partition coefficient (Wildman–Crippen LogP) is 0.904. The maximum absolute atomic E-state index is 9.44. The van der Waals surface area contributed by atoms with Gasteiger partial charge in [-0.25, -0.2) is 0 Å². The standard InChI is InChI=1S/C3H6O.ClSi/c1-3(2)4;1-2/h1-2H3;. The Kier molecular flexibility index (Phi) is 14.2. The van der Waals surface area contributed by atoms with Crippen LogP contribution in [0.1, 0.15) is 13.8 Å². The third-order valence-electron chi connectivity index (χ3n) is 0. The van der Waals surface area contributed by atoms with Crippen molar-refractivity contribution < 1.29 is 4.79 Å². The van der Waals surface area contributed by atoms with Gasteiger partial charge >= 0.3 is 0 Å². The van der Waals surface area contributed by atoms with Crippen molar-refractivity contribution in [2.75, 3.05) is 0 Å². The number of hydrogen-bond acceptors (Lipinski definition) is 1. The minimum absolute atomic E-state index is 0.167. The highest BCUT2D eigenvalue weighted by molar-refractivity contribution is 6.80. The zero-order valence-corrected chi connectivity index (χ0v) is 5.54. The third kappa shape index (κ3) is 1350. The molecule has 0 spiro atoms. The lowest BCUT2D eigenvalue weighted by Crippen LogP contribution is -1.69. The lowest BCUT2D eigenvalue weighted by Gasteiger charge is -1.56. The van der Waals surface area contributed by atoms with Crippen LogP contribution in [0.2, 0.25) is 0 Å².